The quantitative estimate of drug-likeness (QED) is 0.714. The summed E-state index contributed by atoms with van der Waals surface area (Å²) in [5, 5.41) is 0. The molecule has 0 amide bonds. The third-order valence-electron chi connectivity index (χ3n) is 1.39. The molecule has 13 heavy (non-hydrogen) atoms. The molecular weight excluding hydrogens is 269 g/mol. The Labute approximate surface area is 92.5 Å². The molecule has 0 aliphatic rings. The van der Waals surface area contributed by atoms with Crippen molar-refractivity contribution in [2.75, 3.05) is 42.3 Å². The summed E-state index contributed by atoms with van der Waals surface area (Å²) in [5.74, 6) is 0. The Morgan fingerprint density at radius 2 is 0.846 bits per heavy atom. The van der Waals surface area contributed by atoms with Gasteiger partial charge in [0.15, 0.2) is 0 Å². The fourth-order valence-corrected chi connectivity index (χ4v) is 9.30. The molecule has 0 rings (SSSR count). The van der Waals surface area contributed by atoms with Gasteiger partial charge in [0.2, 0.25) is 0 Å². The van der Waals surface area contributed by atoms with E-state index in [2.05, 4.69) is 65.5 Å². The fourth-order valence-electron chi connectivity index (χ4n) is 1.39. The maximum absolute atomic E-state index is 2.38. The van der Waals surface area contributed by atoms with Gasteiger partial charge >= 0.3 is 72.2 Å². The molecule has 0 aliphatic carbocycles. The van der Waals surface area contributed by atoms with E-state index in [0.29, 0.717) is 0 Å². The van der Waals surface area contributed by atoms with Crippen LogP contribution in [0.1, 0.15) is 20.3 Å². The Bertz CT molecular complexity index is 86.0. The van der Waals surface area contributed by atoms with Crippen molar-refractivity contribution >= 4 is 20.6 Å². The van der Waals surface area contributed by atoms with Crippen molar-refractivity contribution in [3.05, 3.63) is 0 Å². The van der Waals surface area contributed by atoms with Gasteiger partial charge in [-0.2, -0.15) is 0 Å². The zero-order valence-electron chi connectivity index (χ0n) is 10.6. The normalized spacial score (nSPS) is 11.1. The van der Waals surface area contributed by atoms with E-state index in [1.165, 1.54) is 6.42 Å². The summed E-state index contributed by atoms with van der Waals surface area (Å²) in [7, 11) is 13.0. The van der Waals surface area contributed by atoms with E-state index in [0.717, 1.165) is 0 Å². The molecule has 0 aromatic rings. The minimum atomic E-state index is -1.64. The molecular formula is C9H27N3Sn. The first kappa shape index (κ1) is 16.1. The van der Waals surface area contributed by atoms with E-state index in [1.54, 1.807) is 0 Å². The third kappa shape index (κ3) is 8.99. The molecule has 0 aliphatic heterocycles. The molecule has 82 valence electrons. The fraction of sp³-hybridized carbons (Fsp3) is 1.00. The number of nitrogens with zero attached hydrogens (tertiary/aromatic N) is 3. The molecule has 3 nitrogen and oxygen atoms in total. The summed E-state index contributed by atoms with van der Waals surface area (Å²) in [6.07, 6.45) is 1.25. The standard InChI is InChI=1S/C3H8.3C2H6N.Sn.H/c4*1-3-2;;/h3H2,1-2H3;3*1-2H3;;/q;3*-1;+3;. The summed E-state index contributed by atoms with van der Waals surface area (Å²) in [6.45, 7) is 4.25. The molecule has 0 atom stereocenters. The van der Waals surface area contributed by atoms with Crippen LogP contribution in [0.5, 0.6) is 0 Å². The molecule has 0 bridgehead atoms. The van der Waals surface area contributed by atoms with E-state index in [9.17, 15) is 0 Å². The molecule has 0 fully saturated rings. The van der Waals surface area contributed by atoms with E-state index >= 15 is 0 Å². The van der Waals surface area contributed by atoms with Crippen molar-refractivity contribution in [3.63, 3.8) is 0 Å². The summed E-state index contributed by atoms with van der Waals surface area (Å²) >= 11 is -1.64. The average Bonchev–Trinajstić information content (AvgIpc) is 1.84. The Hall–Kier alpha value is 0.679. The summed E-state index contributed by atoms with van der Waals surface area (Å²) in [5.41, 5.74) is 0. The van der Waals surface area contributed by atoms with Crippen LogP contribution in [0.3, 0.4) is 0 Å². The molecule has 0 saturated carbocycles. The van der Waals surface area contributed by atoms with Gasteiger partial charge in [0.05, 0.1) is 0 Å². The Balaban J connectivity index is 0. The van der Waals surface area contributed by atoms with Crippen LogP contribution in [-0.2, 0) is 0 Å². The summed E-state index contributed by atoms with van der Waals surface area (Å²) in [6, 6.07) is 0. The van der Waals surface area contributed by atoms with Crippen LogP contribution in [0.25, 0.3) is 0 Å². The first-order chi connectivity index (χ1) is 5.88. The zero-order chi connectivity index (χ0) is 11.0. The van der Waals surface area contributed by atoms with Gasteiger partial charge < -0.3 is 0 Å². The van der Waals surface area contributed by atoms with E-state index < -0.39 is 20.6 Å². The molecule has 0 spiro atoms. The first-order valence-electron chi connectivity index (χ1n) is 4.87. The van der Waals surface area contributed by atoms with Crippen LogP contribution < -0.4 is 0 Å². The predicted molar refractivity (Wildman–Crippen MR) is 64.2 cm³/mol. The van der Waals surface area contributed by atoms with E-state index in [-0.39, 0.29) is 0 Å². The molecule has 0 saturated heterocycles. The third-order valence-corrected chi connectivity index (χ3v) is 9.30. The second-order valence-corrected chi connectivity index (χ2v) is 14.8. The van der Waals surface area contributed by atoms with Crippen LogP contribution in [0.2, 0.25) is 0 Å². The SMILES string of the molecule is CCC.C[N](C)[SnH]([N](C)C)[N](C)C. The summed E-state index contributed by atoms with van der Waals surface area (Å²) in [4.78, 5) is 0. The zero-order valence-corrected chi connectivity index (χ0v) is 13.9. The maximum atomic E-state index is 2.38. The molecule has 0 heterocycles. The molecule has 0 aromatic heterocycles. The van der Waals surface area contributed by atoms with Gasteiger partial charge in [0.25, 0.3) is 0 Å². The van der Waals surface area contributed by atoms with Gasteiger partial charge in [0, 0.05) is 0 Å². The number of hydrogen-bond donors (Lipinski definition) is 0. The minimum absolute atomic E-state index is 1.25. The van der Waals surface area contributed by atoms with Gasteiger partial charge in [-0.1, -0.05) is 20.3 Å². The van der Waals surface area contributed by atoms with E-state index in [4.69, 9.17) is 0 Å². The van der Waals surface area contributed by atoms with Crippen molar-refractivity contribution in [1.82, 2.24) is 9.36 Å². The average molecular weight is 296 g/mol. The number of hydrogen-bond acceptors (Lipinski definition) is 3. The van der Waals surface area contributed by atoms with Gasteiger partial charge in [-0.25, -0.2) is 0 Å². The first-order valence-corrected chi connectivity index (χ1v) is 9.29. The van der Waals surface area contributed by atoms with Gasteiger partial charge in [-0.3, -0.25) is 0 Å². The monoisotopic (exact) mass is 297 g/mol. The van der Waals surface area contributed by atoms with Crippen molar-refractivity contribution in [2.24, 2.45) is 0 Å². The van der Waals surface area contributed by atoms with Crippen LogP contribution in [0.15, 0.2) is 0 Å². The van der Waals surface area contributed by atoms with Crippen LogP contribution in [0.4, 0.5) is 0 Å². The van der Waals surface area contributed by atoms with E-state index in [1.807, 2.05) is 0 Å². The van der Waals surface area contributed by atoms with Crippen LogP contribution in [0, 0.1) is 0 Å². The molecule has 0 unspecified atom stereocenters. The predicted octanol–water partition coefficient (Wildman–Crippen LogP) is 0.805. The summed E-state index contributed by atoms with van der Waals surface area (Å²) < 4.78 is 7.13. The van der Waals surface area contributed by atoms with Crippen molar-refractivity contribution < 1.29 is 0 Å². The van der Waals surface area contributed by atoms with Gasteiger partial charge in [0.1, 0.15) is 0 Å². The van der Waals surface area contributed by atoms with Crippen LogP contribution in [-0.4, -0.2) is 72.2 Å². The van der Waals surface area contributed by atoms with Crippen molar-refractivity contribution in [3.8, 4) is 0 Å². The Kier molecular flexibility index (Phi) is 11.5. The number of rotatable bonds is 3. The Morgan fingerprint density at radius 1 is 0.692 bits per heavy atom. The van der Waals surface area contributed by atoms with Crippen LogP contribution >= 0.6 is 0 Å². The topological polar surface area (TPSA) is 9.72 Å². The van der Waals surface area contributed by atoms with Crippen molar-refractivity contribution in [2.45, 2.75) is 20.3 Å². The molecule has 0 radical (unpaired) electrons. The molecule has 4 heteroatoms. The molecule has 0 aromatic carbocycles. The van der Waals surface area contributed by atoms with Gasteiger partial charge in [-0.05, 0) is 0 Å². The second kappa shape index (κ2) is 9.24. The van der Waals surface area contributed by atoms with Gasteiger partial charge in [-0.15, -0.1) is 0 Å². The molecule has 0 N–H and O–H groups in total. The second-order valence-electron chi connectivity index (χ2n) is 3.94. The van der Waals surface area contributed by atoms with Crippen molar-refractivity contribution in [1.29, 1.82) is 0 Å². The Morgan fingerprint density at radius 3 is 0.846 bits per heavy atom.